The number of fused-ring (bicyclic) bond motifs is 3. The van der Waals surface area contributed by atoms with E-state index in [9.17, 15) is 10.0 Å². The van der Waals surface area contributed by atoms with Gasteiger partial charge in [0.15, 0.2) is 0 Å². The van der Waals surface area contributed by atoms with Crippen molar-refractivity contribution >= 4 is 34.1 Å². The van der Waals surface area contributed by atoms with E-state index in [0.29, 0.717) is 5.46 Å². The molecule has 0 aliphatic heterocycles. The van der Waals surface area contributed by atoms with Gasteiger partial charge < -0.3 is 10.0 Å². The summed E-state index contributed by atoms with van der Waals surface area (Å²) in [5.74, 6) is 0. The third kappa shape index (κ3) is 2.50. The minimum absolute atomic E-state index is 0.500. The summed E-state index contributed by atoms with van der Waals surface area (Å²) in [6, 6.07) is 26.4. The maximum atomic E-state index is 9.20. The Hall–Kier alpha value is -2.62. The van der Waals surface area contributed by atoms with E-state index in [2.05, 4.69) is 54.6 Å². The molecule has 2 nitrogen and oxygen atoms in total. The summed E-state index contributed by atoms with van der Waals surface area (Å²) in [6.45, 7) is 0. The average molecular weight is 298 g/mol. The van der Waals surface area contributed by atoms with E-state index >= 15 is 0 Å². The number of hydrogen-bond acceptors (Lipinski definition) is 2. The quantitative estimate of drug-likeness (QED) is 0.440. The van der Waals surface area contributed by atoms with Crippen LogP contribution in [0.4, 0.5) is 0 Å². The van der Waals surface area contributed by atoms with Crippen LogP contribution in [0.1, 0.15) is 0 Å². The van der Waals surface area contributed by atoms with Gasteiger partial charge in [-0.1, -0.05) is 72.8 Å². The van der Waals surface area contributed by atoms with Crippen molar-refractivity contribution in [3.63, 3.8) is 0 Å². The van der Waals surface area contributed by atoms with Crippen LogP contribution < -0.4 is 5.46 Å². The lowest BCUT2D eigenvalue weighted by Crippen LogP contribution is -2.29. The van der Waals surface area contributed by atoms with E-state index in [0.717, 1.165) is 11.1 Å². The smallest absolute Gasteiger partial charge is 0.423 e. The van der Waals surface area contributed by atoms with E-state index in [1.54, 1.807) is 12.1 Å². The molecule has 0 radical (unpaired) electrons. The van der Waals surface area contributed by atoms with E-state index in [-0.39, 0.29) is 0 Å². The normalized spacial score (nSPS) is 11.0. The molecule has 0 heterocycles. The molecule has 0 bridgehead atoms. The number of benzene rings is 4. The molecular formula is C20H15BO2. The van der Waals surface area contributed by atoms with Crippen LogP contribution in [0.15, 0.2) is 78.9 Å². The van der Waals surface area contributed by atoms with Crippen molar-refractivity contribution in [2.75, 3.05) is 0 Å². The van der Waals surface area contributed by atoms with Crippen LogP contribution in [-0.4, -0.2) is 17.2 Å². The van der Waals surface area contributed by atoms with Gasteiger partial charge in [0.25, 0.3) is 0 Å². The van der Waals surface area contributed by atoms with Gasteiger partial charge in [-0.3, -0.25) is 0 Å². The second-order valence-corrected chi connectivity index (χ2v) is 5.72. The predicted octanol–water partition coefficient (Wildman–Crippen LogP) is 3.34. The van der Waals surface area contributed by atoms with Gasteiger partial charge in [-0.05, 0) is 44.2 Å². The van der Waals surface area contributed by atoms with Gasteiger partial charge >= 0.3 is 7.12 Å². The summed E-state index contributed by atoms with van der Waals surface area (Å²) in [5.41, 5.74) is 2.68. The lowest BCUT2D eigenvalue weighted by Gasteiger charge is -2.08. The molecule has 4 aromatic carbocycles. The van der Waals surface area contributed by atoms with Crippen LogP contribution in [0.2, 0.25) is 0 Å². The monoisotopic (exact) mass is 298 g/mol. The Balaban J connectivity index is 1.89. The SMILES string of the molecule is OB(O)c1ccc(-c2ccc3ccc4ccccc4c3c2)cc1. The molecule has 0 amide bonds. The van der Waals surface area contributed by atoms with E-state index < -0.39 is 7.12 Å². The third-order valence-electron chi connectivity index (χ3n) is 4.29. The summed E-state index contributed by atoms with van der Waals surface area (Å²) >= 11 is 0. The van der Waals surface area contributed by atoms with Gasteiger partial charge in [0, 0.05) is 0 Å². The summed E-state index contributed by atoms with van der Waals surface area (Å²) in [6.07, 6.45) is 0. The minimum Gasteiger partial charge on any atom is -0.423 e. The number of rotatable bonds is 2. The molecule has 4 rings (SSSR count). The summed E-state index contributed by atoms with van der Waals surface area (Å²) < 4.78 is 0. The highest BCUT2D eigenvalue weighted by Crippen LogP contribution is 2.29. The Morgan fingerprint density at radius 2 is 1.17 bits per heavy atom. The van der Waals surface area contributed by atoms with Crippen molar-refractivity contribution in [2.24, 2.45) is 0 Å². The van der Waals surface area contributed by atoms with E-state index in [4.69, 9.17) is 0 Å². The largest absolute Gasteiger partial charge is 0.488 e. The molecule has 23 heavy (non-hydrogen) atoms. The first kappa shape index (κ1) is 14.0. The highest BCUT2D eigenvalue weighted by atomic mass is 16.4. The van der Waals surface area contributed by atoms with Gasteiger partial charge in [-0.15, -0.1) is 0 Å². The Kier molecular flexibility index (Phi) is 3.38. The molecule has 0 atom stereocenters. The fraction of sp³-hybridized carbons (Fsp3) is 0. The van der Waals surface area contributed by atoms with E-state index in [1.165, 1.54) is 21.5 Å². The Bertz CT molecular complexity index is 991. The number of hydrogen-bond donors (Lipinski definition) is 2. The zero-order valence-electron chi connectivity index (χ0n) is 12.5. The maximum absolute atomic E-state index is 9.20. The molecule has 2 N–H and O–H groups in total. The molecule has 0 unspecified atom stereocenters. The van der Waals surface area contributed by atoms with Crippen molar-refractivity contribution in [3.05, 3.63) is 78.9 Å². The molecule has 0 aromatic heterocycles. The van der Waals surface area contributed by atoms with Gasteiger partial charge in [0.05, 0.1) is 0 Å². The third-order valence-corrected chi connectivity index (χ3v) is 4.29. The Morgan fingerprint density at radius 1 is 0.565 bits per heavy atom. The molecule has 0 saturated carbocycles. The zero-order chi connectivity index (χ0) is 15.8. The van der Waals surface area contributed by atoms with Crippen molar-refractivity contribution in [3.8, 4) is 11.1 Å². The first-order chi connectivity index (χ1) is 11.2. The lowest BCUT2D eigenvalue weighted by atomic mass is 9.80. The predicted molar refractivity (Wildman–Crippen MR) is 96.7 cm³/mol. The fourth-order valence-electron chi connectivity index (χ4n) is 3.03. The zero-order valence-corrected chi connectivity index (χ0v) is 12.5. The summed E-state index contributed by atoms with van der Waals surface area (Å²) in [4.78, 5) is 0. The van der Waals surface area contributed by atoms with Crippen LogP contribution in [-0.2, 0) is 0 Å². The molecule has 0 saturated heterocycles. The van der Waals surface area contributed by atoms with Crippen molar-refractivity contribution in [1.29, 1.82) is 0 Å². The van der Waals surface area contributed by atoms with Crippen LogP contribution in [0.3, 0.4) is 0 Å². The van der Waals surface area contributed by atoms with E-state index in [1.807, 2.05) is 12.1 Å². The first-order valence-electron chi connectivity index (χ1n) is 7.60. The molecule has 0 aliphatic carbocycles. The Morgan fingerprint density at radius 3 is 1.91 bits per heavy atom. The summed E-state index contributed by atoms with van der Waals surface area (Å²) in [7, 11) is -1.43. The van der Waals surface area contributed by atoms with Gasteiger partial charge in [-0.25, -0.2) is 0 Å². The van der Waals surface area contributed by atoms with Crippen LogP contribution in [0.25, 0.3) is 32.7 Å². The van der Waals surface area contributed by atoms with Crippen LogP contribution >= 0.6 is 0 Å². The van der Waals surface area contributed by atoms with Crippen molar-refractivity contribution in [2.45, 2.75) is 0 Å². The van der Waals surface area contributed by atoms with Crippen molar-refractivity contribution < 1.29 is 10.0 Å². The lowest BCUT2D eigenvalue weighted by molar-refractivity contribution is 0.426. The fourth-order valence-corrected chi connectivity index (χ4v) is 3.03. The first-order valence-corrected chi connectivity index (χ1v) is 7.60. The minimum atomic E-state index is -1.43. The molecule has 0 spiro atoms. The Labute approximate surface area is 134 Å². The van der Waals surface area contributed by atoms with Gasteiger partial charge in [0.1, 0.15) is 0 Å². The molecule has 0 aliphatic rings. The highest BCUT2D eigenvalue weighted by molar-refractivity contribution is 6.58. The van der Waals surface area contributed by atoms with Gasteiger partial charge in [0.2, 0.25) is 0 Å². The van der Waals surface area contributed by atoms with Crippen molar-refractivity contribution in [1.82, 2.24) is 0 Å². The molecule has 0 fully saturated rings. The molecule has 110 valence electrons. The maximum Gasteiger partial charge on any atom is 0.488 e. The highest BCUT2D eigenvalue weighted by Gasteiger charge is 2.10. The van der Waals surface area contributed by atoms with Gasteiger partial charge in [-0.2, -0.15) is 0 Å². The second-order valence-electron chi connectivity index (χ2n) is 5.72. The molecule has 3 heteroatoms. The van der Waals surface area contributed by atoms with Crippen LogP contribution in [0, 0.1) is 0 Å². The second kappa shape index (κ2) is 5.54. The average Bonchev–Trinajstić information content (AvgIpc) is 2.61. The topological polar surface area (TPSA) is 40.5 Å². The molecule has 4 aromatic rings. The summed E-state index contributed by atoms with van der Waals surface area (Å²) in [5, 5.41) is 23.3. The molecular weight excluding hydrogens is 283 g/mol. The standard InChI is InChI=1S/C20H15BO2/c22-21(23)18-11-9-14(10-12-18)17-8-7-16-6-5-15-3-1-2-4-19(15)20(16)13-17/h1-13,22-23H. The van der Waals surface area contributed by atoms with Crippen LogP contribution in [0.5, 0.6) is 0 Å².